The van der Waals surface area contributed by atoms with Crippen LogP contribution in [0.2, 0.25) is 0 Å². The van der Waals surface area contributed by atoms with Crippen LogP contribution in [0.3, 0.4) is 0 Å². The van der Waals surface area contributed by atoms with E-state index in [1.807, 2.05) is 12.1 Å². The summed E-state index contributed by atoms with van der Waals surface area (Å²) < 4.78 is 38.5. The van der Waals surface area contributed by atoms with Crippen molar-refractivity contribution in [3.05, 3.63) is 70.7 Å². The van der Waals surface area contributed by atoms with Crippen molar-refractivity contribution in [2.45, 2.75) is 19.9 Å². The van der Waals surface area contributed by atoms with Gasteiger partial charge in [0.15, 0.2) is 0 Å². The summed E-state index contributed by atoms with van der Waals surface area (Å²) in [6.45, 7) is 2.38. The summed E-state index contributed by atoms with van der Waals surface area (Å²) >= 11 is 0. The van der Waals surface area contributed by atoms with Gasteiger partial charge in [-0.25, -0.2) is 12.8 Å². The Morgan fingerprint density at radius 2 is 2.00 bits per heavy atom. The molecule has 4 rings (SSSR count). The Hall–Kier alpha value is -2.84. The molecule has 0 bridgehead atoms. The van der Waals surface area contributed by atoms with Crippen LogP contribution < -0.4 is 5.32 Å². The van der Waals surface area contributed by atoms with Gasteiger partial charge in [-0.2, -0.15) is 4.31 Å². The third kappa shape index (κ3) is 3.86. The second-order valence-corrected chi connectivity index (χ2v) is 9.18. The number of halogens is 1. The lowest BCUT2D eigenvalue weighted by Gasteiger charge is -2.28. The third-order valence-electron chi connectivity index (χ3n) is 5.16. The zero-order valence-electron chi connectivity index (χ0n) is 16.1. The number of carbonyl (C=O) groups is 1. The van der Waals surface area contributed by atoms with Gasteiger partial charge in [0.2, 0.25) is 10.0 Å². The van der Waals surface area contributed by atoms with Crippen molar-refractivity contribution >= 4 is 32.5 Å². The summed E-state index contributed by atoms with van der Waals surface area (Å²) in [7, 11) is -3.27. The van der Waals surface area contributed by atoms with Crippen LogP contribution in [0.5, 0.6) is 0 Å². The van der Waals surface area contributed by atoms with E-state index in [1.54, 1.807) is 25.1 Å². The zero-order chi connectivity index (χ0) is 20.8. The lowest BCUT2D eigenvalue weighted by molar-refractivity contribution is 0.102. The minimum Gasteiger partial charge on any atom is -0.322 e. The Bertz CT molecular complexity index is 1240. The van der Waals surface area contributed by atoms with Gasteiger partial charge in [0.25, 0.3) is 5.91 Å². The van der Waals surface area contributed by atoms with E-state index in [-0.39, 0.29) is 11.7 Å². The SMILES string of the molecule is Cc1nc2cc(F)ccc2cc1C(=O)Nc1cccc2c1CCN(S(C)(=O)=O)C2. The van der Waals surface area contributed by atoms with Gasteiger partial charge < -0.3 is 5.32 Å². The minimum absolute atomic E-state index is 0.292. The predicted octanol–water partition coefficient (Wildman–Crippen LogP) is 3.25. The minimum atomic E-state index is -3.27. The number of carbonyl (C=O) groups excluding carboxylic acids is 1. The van der Waals surface area contributed by atoms with E-state index in [0.29, 0.717) is 47.4 Å². The number of nitrogens with one attached hydrogen (secondary N) is 1. The molecule has 0 atom stereocenters. The van der Waals surface area contributed by atoms with Gasteiger partial charge in [-0.3, -0.25) is 9.78 Å². The second-order valence-electron chi connectivity index (χ2n) is 7.20. The molecule has 2 heterocycles. The lowest BCUT2D eigenvalue weighted by atomic mass is 9.98. The van der Waals surface area contributed by atoms with Crippen molar-refractivity contribution in [2.24, 2.45) is 0 Å². The summed E-state index contributed by atoms with van der Waals surface area (Å²) in [4.78, 5) is 17.3. The molecule has 1 aliphatic heterocycles. The highest BCUT2D eigenvalue weighted by atomic mass is 32.2. The number of benzene rings is 2. The molecule has 1 amide bonds. The standard InChI is InChI=1S/C21H20FN3O3S/c1-13-18(10-14-6-7-16(22)11-20(14)23-13)21(26)24-19-5-3-4-15-12-25(29(2,27)28)9-8-17(15)19/h3-7,10-11H,8-9,12H2,1-2H3,(H,24,26). The molecule has 1 N–H and O–H groups in total. The van der Waals surface area contributed by atoms with Gasteiger partial charge in [-0.05, 0) is 48.7 Å². The summed E-state index contributed by atoms with van der Waals surface area (Å²) in [6, 6.07) is 11.5. The van der Waals surface area contributed by atoms with Crippen molar-refractivity contribution in [1.82, 2.24) is 9.29 Å². The van der Waals surface area contributed by atoms with Crippen molar-refractivity contribution in [1.29, 1.82) is 0 Å². The normalized spacial score (nSPS) is 14.6. The van der Waals surface area contributed by atoms with Crippen molar-refractivity contribution in [3.63, 3.8) is 0 Å². The number of sulfonamides is 1. The molecule has 0 radical (unpaired) electrons. The number of rotatable bonds is 3. The first kappa shape index (κ1) is 19.5. The van der Waals surface area contributed by atoms with E-state index in [2.05, 4.69) is 10.3 Å². The van der Waals surface area contributed by atoms with E-state index in [0.717, 1.165) is 11.1 Å². The highest BCUT2D eigenvalue weighted by Gasteiger charge is 2.25. The van der Waals surface area contributed by atoms with Crippen molar-refractivity contribution < 1.29 is 17.6 Å². The van der Waals surface area contributed by atoms with Gasteiger partial charge in [0, 0.05) is 30.2 Å². The van der Waals surface area contributed by atoms with Crippen LogP contribution in [0.25, 0.3) is 10.9 Å². The largest absolute Gasteiger partial charge is 0.322 e. The molecule has 3 aromatic rings. The third-order valence-corrected chi connectivity index (χ3v) is 6.41. The average Bonchev–Trinajstić information content (AvgIpc) is 2.66. The first-order valence-electron chi connectivity index (χ1n) is 9.16. The number of hydrogen-bond acceptors (Lipinski definition) is 4. The molecule has 0 saturated heterocycles. The molecule has 0 spiro atoms. The number of nitrogens with zero attached hydrogens (tertiary/aromatic N) is 2. The molecular formula is C21H20FN3O3S. The Balaban J connectivity index is 1.64. The van der Waals surface area contributed by atoms with Crippen LogP contribution in [0.1, 0.15) is 27.2 Å². The zero-order valence-corrected chi connectivity index (χ0v) is 16.9. The Morgan fingerprint density at radius 1 is 1.21 bits per heavy atom. The van der Waals surface area contributed by atoms with Crippen molar-refractivity contribution in [2.75, 3.05) is 18.1 Å². The molecule has 2 aromatic carbocycles. The van der Waals surface area contributed by atoms with Crippen LogP contribution in [-0.4, -0.2) is 36.4 Å². The highest BCUT2D eigenvalue weighted by Crippen LogP contribution is 2.28. The Morgan fingerprint density at radius 3 is 2.76 bits per heavy atom. The van der Waals surface area contributed by atoms with Gasteiger partial charge in [0.05, 0.1) is 23.0 Å². The molecule has 0 aliphatic carbocycles. The summed E-state index contributed by atoms with van der Waals surface area (Å²) in [5.74, 6) is -0.680. The number of aromatic nitrogens is 1. The van der Waals surface area contributed by atoms with E-state index < -0.39 is 10.0 Å². The number of pyridine rings is 1. The maximum atomic E-state index is 13.4. The molecule has 0 fully saturated rings. The number of amides is 1. The second kappa shape index (κ2) is 7.20. The number of fused-ring (bicyclic) bond motifs is 2. The first-order valence-corrected chi connectivity index (χ1v) is 11.0. The summed E-state index contributed by atoms with van der Waals surface area (Å²) in [5.41, 5.74) is 3.90. The predicted molar refractivity (Wildman–Crippen MR) is 110 cm³/mol. The number of aryl methyl sites for hydroxylation is 1. The van der Waals surface area contributed by atoms with Gasteiger partial charge in [-0.15, -0.1) is 0 Å². The van der Waals surface area contributed by atoms with Crippen LogP contribution in [-0.2, 0) is 23.0 Å². The highest BCUT2D eigenvalue weighted by molar-refractivity contribution is 7.88. The van der Waals surface area contributed by atoms with Crippen molar-refractivity contribution in [3.8, 4) is 0 Å². The van der Waals surface area contributed by atoms with E-state index in [1.165, 1.54) is 22.7 Å². The average molecular weight is 413 g/mol. The maximum Gasteiger partial charge on any atom is 0.257 e. The van der Waals surface area contributed by atoms with Gasteiger partial charge >= 0.3 is 0 Å². The van der Waals surface area contributed by atoms with Gasteiger partial charge in [-0.1, -0.05) is 12.1 Å². The quantitative estimate of drug-likeness (QED) is 0.715. The molecule has 29 heavy (non-hydrogen) atoms. The summed E-state index contributed by atoms with van der Waals surface area (Å²) in [5, 5.41) is 3.62. The first-order chi connectivity index (χ1) is 13.7. The van der Waals surface area contributed by atoms with E-state index in [9.17, 15) is 17.6 Å². The Kier molecular flexibility index (Phi) is 4.84. The smallest absolute Gasteiger partial charge is 0.257 e. The number of anilines is 1. The van der Waals surface area contributed by atoms with E-state index >= 15 is 0 Å². The maximum absolute atomic E-state index is 13.4. The molecule has 6 nitrogen and oxygen atoms in total. The molecule has 1 aromatic heterocycles. The van der Waals surface area contributed by atoms with Crippen LogP contribution >= 0.6 is 0 Å². The monoisotopic (exact) mass is 413 g/mol. The fraction of sp³-hybridized carbons (Fsp3) is 0.238. The topological polar surface area (TPSA) is 79.4 Å². The number of hydrogen-bond donors (Lipinski definition) is 1. The summed E-state index contributed by atoms with van der Waals surface area (Å²) in [6.07, 6.45) is 1.72. The molecule has 150 valence electrons. The molecular weight excluding hydrogens is 393 g/mol. The molecule has 8 heteroatoms. The van der Waals surface area contributed by atoms with Crippen LogP contribution in [0.15, 0.2) is 42.5 Å². The fourth-order valence-corrected chi connectivity index (χ4v) is 4.44. The molecule has 0 saturated carbocycles. The Labute approximate surface area is 168 Å². The van der Waals surface area contributed by atoms with Crippen LogP contribution in [0.4, 0.5) is 10.1 Å². The van der Waals surface area contributed by atoms with Crippen LogP contribution in [0, 0.1) is 12.7 Å². The molecule has 1 aliphatic rings. The molecule has 0 unspecified atom stereocenters. The van der Waals surface area contributed by atoms with E-state index in [4.69, 9.17) is 0 Å². The van der Waals surface area contributed by atoms with Gasteiger partial charge in [0.1, 0.15) is 5.82 Å². The fourth-order valence-electron chi connectivity index (χ4n) is 3.64. The lowest BCUT2D eigenvalue weighted by Crippen LogP contribution is -2.35.